The molecule has 0 radical (unpaired) electrons. The molecule has 0 bridgehead atoms. The first-order valence-corrected chi connectivity index (χ1v) is 8.51. The van der Waals surface area contributed by atoms with Crippen LogP contribution in [0.3, 0.4) is 0 Å². The van der Waals surface area contributed by atoms with E-state index in [4.69, 9.17) is 4.74 Å². The SMILES string of the molecule is COc1cccc([S+](c2ccccc2)c2ccccc2)c1C. The van der Waals surface area contributed by atoms with Crippen molar-refractivity contribution in [1.82, 2.24) is 0 Å². The summed E-state index contributed by atoms with van der Waals surface area (Å²) in [5.74, 6) is 0.946. The van der Waals surface area contributed by atoms with Gasteiger partial charge in [-0.3, -0.25) is 0 Å². The summed E-state index contributed by atoms with van der Waals surface area (Å²) in [4.78, 5) is 3.96. The van der Waals surface area contributed by atoms with Crippen LogP contribution in [0.4, 0.5) is 0 Å². The van der Waals surface area contributed by atoms with Gasteiger partial charge in [-0.2, -0.15) is 0 Å². The summed E-state index contributed by atoms with van der Waals surface area (Å²) in [6.07, 6.45) is 0. The average Bonchev–Trinajstić information content (AvgIpc) is 2.59. The minimum absolute atomic E-state index is 0.118. The van der Waals surface area contributed by atoms with Crippen molar-refractivity contribution >= 4 is 10.9 Å². The fraction of sp³-hybridized carbons (Fsp3) is 0.100. The lowest BCUT2D eigenvalue weighted by Gasteiger charge is -2.12. The van der Waals surface area contributed by atoms with Crippen LogP contribution < -0.4 is 4.74 Å². The maximum atomic E-state index is 5.51. The van der Waals surface area contributed by atoms with Gasteiger partial charge in [-0.25, -0.2) is 0 Å². The van der Waals surface area contributed by atoms with E-state index in [2.05, 4.69) is 79.7 Å². The van der Waals surface area contributed by atoms with Gasteiger partial charge in [-0.05, 0) is 43.3 Å². The van der Waals surface area contributed by atoms with Crippen LogP contribution in [0, 0.1) is 6.92 Å². The molecule has 110 valence electrons. The minimum Gasteiger partial charge on any atom is -0.496 e. The number of methoxy groups -OCH3 is 1. The molecule has 0 spiro atoms. The third-order valence-electron chi connectivity index (χ3n) is 3.63. The van der Waals surface area contributed by atoms with Gasteiger partial charge in [0.2, 0.25) is 0 Å². The zero-order valence-electron chi connectivity index (χ0n) is 12.8. The summed E-state index contributed by atoms with van der Waals surface area (Å²) < 4.78 is 5.51. The molecule has 3 aromatic carbocycles. The molecular formula is C20H19OS+. The van der Waals surface area contributed by atoms with Crippen molar-refractivity contribution < 1.29 is 4.74 Å². The van der Waals surface area contributed by atoms with E-state index in [1.165, 1.54) is 20.2 Å². The van der Waals surface area contributed by atoms with E-state index in [0.717, 1.165) is 5.75 Å². The summed E-state index contributed by atoms with van der Waals surface area (Å²) in [6.45, 7) is 2.14. The standard InChI is InChI=1S/C20H19OS/c1-16-19(21-2)14-9-15-20(16)22(17-10-5-3-6-11-17)18-12-7-4-8-13-18/h3-15H,1-2H3/q+1. The Balaban J connectivity index is 2.19. The molecule has 0 atom stereocenters. The molecule has 3 aromatic rings. The molecule has 1 nitrogen and oxygen atoms in total. The maximum Gasteiger partial charge on any atom is 0.173 e. The second kappa shape index (κ2) is 6.71. The van der Waals surface area contributed by atoms with E-state index in [1.807, 2.05) is 6.07 Å². The average molecular weight is 307 g/mol. The molecule has 0 aliphatic carbocycles. The number of benzene rings is 3. The van der Waals surface area contributed by atoms with Gasteiger partial charge in [-0.15, -0.1) is 0 Å². The monoisotopic (exact) mass is 307 g/mol. The first kappa shape index (κ1) is 14.7. The highest BCUT2D eigenvalue weighted by molar-refractivity contribution is 7.97. The summed E-state index contributed by atoms with van der Waals surface area (Å²) in [5.41, 5.74) is 1.21. The van der Waals surface area contributed by atoms with Gasteiger partial charge >= 0.3 is 0 Å². The lowest BCUT2D eigenvalue weighted by atomic mass is 10.2. The Morgan fingerprint density at radius 2 is 1.23 bits per heavy atom. The van der Waals surface area contributed by atoms with E-state index >= 15 is 0 Å². The van der Waals surface area contributed by atoms with Crippen LogP contribution in [0.15, 0.2) is 93.5 Å². The van der Waals surface area contributed by atoms with Crippen molar-refractivity contribution in [2.75, 3.05) is 7.11 Å². The number of hydrogen-bond acceptors (Lipinski definition) is 1. The molecule has 0 unspecified atom stereocenters. The van der Waals surface area contributed by atoms with Crippen LogP contribution in [0.2, 0.25) is 0 Å². The highest BCUT2D eigenvalue weighted by Crippen LogP contribution is 2.35. The van der Waals surface area contributed by atoms with Crippen LogP contribution in [-0.4, -0.2) is 7.11 Å². The lowest BCUT2D eigenvalue weighted by molar-refractivity contribution is 0.410. The molecule has 0 saturated heterocycles. The molecule has 0 aromatic heterocycles. The summed E-state index contributed by atoms with van der Waals surface area (Å²) in [5, 5.41) is 0. The van der Waals surface area contributed by atoms with Crippen LogP contribution in [0.25, 0.3) is 0 Å². The normalized spacial score (nSPS) is 10.7. The first-order valence-electron chi connectivity index (χ1n) is 7.29. The third-order valence-corrected chi connectivity index (χ3v) is 6.00. The largest absolute Gasteiger partial charge is 0.496 e. The first-order chi connectivity index (χ1) is 10.8. The van der Waals surface area contributed by atoms with Gasteiger partial charge in [-0.1, -0.05) is 42.5 Å². The van der Waals surface area contributed by atoms with Gasteiger partial charge in [0.1, 0.15) is 5.75 Å². The fourth-order valence-electron chi connectivity index (χ4n) is 2.54. The van der Waals surface area contributed by atoms with E-state index in [9.17, 15) is 0 Å². The van der Waals surface area contributed by atoms with Crippen molar-refractivity contribution in [3.63, 3.8) is 0 Å². The van der Waals surface area contributed by atoms with Crippen LogP contribution >= 0.6 is 0 Å². The Hall–Kier alpha value is -2.19. The predicted octanol–water partition coefficient (Wildman–Crippen LogP) is 5.10. The van der Waals surface area contributed by atoms with Crippen LogP contribution in [0.1, 0.15) is 5.56 Å². The second-order valence-corrected chi connectivity index (χ2v) is 7.01. The van der Waals surface area contributed by atoms with E-state index in [-0.39, 0.29) is 10.9 Å². The smallest absolute Gasteiger partial charge is 0.173 e. The van der Waals surface area contributed by atoms with Crippen molar-refractivity contribution in [1.29, 1.82) is 0 Å². The molecule has 0 aliphatic heterocycles. The molecule has 0 heterocycles. The maximum absolute atomic E-state index is 5.51. The quantitative estimate of drug-likeness (QED) is 0.609. The van der Waals surface area contributed by atoms with Gasteiger partial charge in [0.05, 0.1) is 18.0 Å². The summed E-state index contributed by atoms with van der Waals surface area (Å²) in [6, 6.07) is 27.7. The topological polar surface area (TPSA) is 9.23 Å². The number of hydrogen-bond donors (Lipinski definition) is 0. The van der Waals surface area contributed by atoms with Crippen LogP contribution in [0.5, 0.6) is 5.75 Å². The lowest BCUT2D eigenvalue weighted by Crippen LogP contribution is -2.07. The van der Waals surface area contributed by atoms with Crippen molar-refractivity contribution in [2.24, 2.45) is 0 Å². The van der Waals surface area contributed by atoms with Gasteiger partial charge in [0, 0.05) is 5.56 Å². The highest BCUT2D eigenvalue weighted by atomic mass is 32.2. The zero-order chi connectivity index (χ0) is 15.4. The number of ether oxygens (including phenoxy) is 1. The van der Waals surface area contributed by atoms with Crippen molar-refractivity contribution in [2.45, 2.75) is 21.6 Å². The molecule has 0 N–H and O–H groups in total. The molecule has 0 aliphatic rings. The van der Waals surface area contributed by atoms with Gasteiger partial charge in [0.15, 0.2) is 14.7 Å². The molecule has 2 heteroatoms. The third kappa shape index (κ3) is 2.88. The summed E-state index contributed by atoms with van der Waals surface area (Å²) in [7, 11) is 1.61. The van der Waals surface area contributed by atoms with E-state index < -0.39 is 0 Å². The van der Waals surface area contributed by atoms with E-state index in [0.29, 0.717) is 0 Å². The second-order valence-electron chi connectivity index (χ2n) is 5.02. The van der Waals surface area contributed by atoms with Crippen molar-refractivity contribution in [3.05, 3.63) is 84.4 Å². The van der Waals surface area contributed by atoms with Gasteiger partial charge < -0.3 is 4.74 Å². The van der Waals surface area contributed by atoms with Crippen molar-refractivity contribution in [3.8, 4) is 5.75 Å². The Kier molecular flexibility index (Phi) is 4.50. The zero-order valence-corrected chi connectivity index (χ0v) is 13.6. The molecule has 0 saturated carbocycles. The number of rotatable bonds is 4. The van der Waals surface area contributed by atoms with Gasteiger partial charge in [0.25, 0.3) is 0 Å². The Bertz CT molecular complexity index is 699. The van der Waals surface area contributed by atoms with E-state index in [1.54, 1.807) is 7.11 Å². The molecular weight excluding hydrogens is 288 g/mol. The fourth-order valence-corrected chi connectivity index (χ4v) is 4.80. The highest BCUT2D eigenvalue weighted by Gasteiger charge is 2.30. The molecule has 3 rings (SSSR count). The molecule has 0 amide bonds. The summed E-state index contributed by atoms with van der Waals surface area (Å²) >= 11 is 0. The molecule has 22 heavy (non-hydrogen) atoms. The Morgan fingerprint density at radius 3 is 1.73 bits per heavy atom. The predicted molar refractivity (Wildman–Crippen MR) is 92.8 cm³/mol. The Morgan fingerprint density at radius 1 is 0.682 bits per heavy atom. The molecule has 0 fully saturated rings. The minimum atomic E-state index is -0.118. The Labute approximate surface area is 134 Å². The van der Waals surface area contributed by atoms with Crippen LogP contribution in [-0.2, 0) is 10.9 Å².